The van der Waals surface area contributed by atoms with Crippen LogP contribution in [0.15, 0.2) is 12.2 Å². The molecule has 1 aliphatic rings. The minimum absolute atomic E-state index is 0.0712. The molecule has 0 aliphatic carbocycles. The van der Waals surface area contributed by atoms with E-state index in [9.17, 15) is 19.5 Å². The maximum Gasteiger partial charge on any atom is 0.330 e. The molecule has 0 fully saturated rings. The van der Waals surface area contributed by atoms with Gasteiger partial charge in [-0.25, -0.2) is 4.79 Å². The Morgan fingerprint density at radius 3 is 2.25 bits per heavy atom. The Labute approximate surface area is 167 Å². The van der Waals surface area contributed by atoms with Gasteiger partial charge in [0.2, 0.25) is 0 Å². The first-order chi connectivity index (χ1) is 13.4. The van der Waals surface area contributed by atoms with E-state index in [1.807, 2.05) is 6.92 Å². The predicted molar refractivity (Wildman–Crippen MR) is 103 cm³/mol. The van der Waals surface area contributed by atoms with Crippen LogP contribution >= 0.6 is 0 Å². The van der Waals surface area contributed by atoms with Gasteiger partial charge in [0.05, 0.1) is 26.1 Å². The highest BCUT2D eigenvalue weighted by Crippen LogP contribution is 2.17. The summed E-state index contributed by atoms with van der Waals surface area (Å²) in [5.41, 5.74) is 0. The summed E-state index contributed by atoms with van der Waals surface area (Å²) >= 11 is 0. The molecule has 0 aromatic heterocycles. The number of cyclic esters (lactones) is 1. The summed E-state index contributed by atoms with van der Waals surface area (Å²) in [6.45, 7) is 1.86. The minimum atomic E-state index is -1.11. The topological polar surface area (TPSA) is 99.1 Å². The third-order valence-electron chi connectivity index (χ3n) is 4.77. The molecule has 1 N–H and O–H groups in total. The average molecular weight is 398 g/mol. The van der Waals surface area contributed by atoms with Crippen LogP contribution in [0.5, 0.6) is 0 Å². The van der Waals surface area contributed by atoms with E-state index in [2.05, 4.69) is 4.74 Å². The molecule has 0 saturated heterocycles. The van der Waals surface area contributed by atoms with Gasteiger partial charge in [-0.2, -0.15) is 0 Å². The van der Waals surface area contributed by atoms with Crippen molar-refractivity contribution in [3.63, 3.8) is 0 Å². The maximum atomic E-state index is 12.0. The molecule has 1 rings (SSSR count). The monoisotopic (exact) mass is 398 g/mol. The van der Waals surface area contributed by atoms with Crippen molar-refractivity contribution in [1.29, 1.82) is 0 Å². The van der Waals surface area contributed by atoms with Crippen molar-refractivity contribution >= 4 is 17.9 Å². The van der Waals surface area contributed by atoms with E-state index < -0.39 is 30.1 Å². The maximum absolute atomic E-state index is 12.0. The van der Waals surface area contributed by atoms with Gasteiger partial charge < -0.3 is 19.3 Å². The van der Waals surface area contributed by atoms with Crippen LogP contribution in [-0.4, -0.2) is 48.4 Å². The lowest BCUT2D eigenvalue weighted by Gasteiger charge is -2.21. The highest BCUT2D eigenvalue weighted by Gasteiger charge is 2.22. The first-order valence-electron chi connectivity index (χ1n) is 10.3. The zero-order chi connectivity index (χ0) is 20.8. The Hall–Kier alpha value is -1.89. The van der Waals surface area contributed by atoms with E-state index in [4.69, 9.17) is 9.47 Å². The molecule has 0 amide bonds. The van der Waals surface area contributed by atoms with Crippen molar-refractivity contribution in [3.8, 4) is 0 Å². The number of rotatable bonds is 4. The van der Waals surface area contributed by atoms with Crippen LogP contribution in [0.25, 0.3) is 0 Å². The van der Waals surface area contributed by atoms with Gasteiger partial charge >= 0.3 is 17.9 Å². The van der Waals surface area contributed by atoms with Crippen LogP contribution in [0.1, 0.15) is 77.6 Å². The lowest BCUT2D eigenvalue weighted by Crippen LogP contribution is -2.30. The molecular weight excluding hydrogens is 364 g/mol. The Balaban J connectivity index is 2.68. The third kappa shape index (κ3) is 11.1. The molecule has 28 heavy (non-hydrogen) atoms. The largest absolute Gasteiger partial charge is 0.469 e. The number of aliphatic hydroxyl groups excluding tert-OH is 1. The van der Waals surface area contributed by atoms with Crippen LogP contribution in [0, 0.1) is 0 Å². The van der Waals surface area contributed by atoms with E-state index in [1.54, 1.807) is 0 Å². The van der Waals surface area contributed by atoms with Gasteiger partial charge in [-0.05, 0) is 38.7 Å². The van der Waals surface area contributed by atoms with Crippen LogP contribution in [0.4, 0.5) is 0 Å². The summed E-state index contributed by atoms with van der Waals surface area (Å²) < 4.78 is 15.2. The number of carbonyl (C=O) groups excluding carboxylic acids is 3. The smallest absolute Gasteiger partial charge is 0.330 e. The number of ether oxygens (including phenoxy) is 3. The summed E-state index contributed by atoms with van der Waals surface area (Å²) in [5.74, 6) is -1.59. The van der Waals surface area contributed by atoms with Crippen molar-refractivity contribution in [2.24, 2.45) is 0 Å². The van der Waals surface area contributed by atoms with E-state index >= 15 is 0 Å². The minimum Gasteiger partial charge on any atom is -0.469 e. The first-order valence-corrected chi connectivity index (χ1v) is 10.3. The zero-order valence-corrected chi connectivity index (χ0v) is 17.1. The second kappa shape index (κ2) is 14.2. The molecule has 160 valence electrons. The summed E-state index contributed by atoms with van der Waals surface area (Å²) in [6, 6.07) is 0. The van der Waals surface area contributed by atoms with E-state index in [0.717, 1.165) is 51.4 Å². The average Bonchev–Trinajstić information content (AvgIpc) is 2.67. The molecule has 0 radical (unpaired) electrons. The molecule has 0 bridgehead atoms. The zero-order valence-electron chi connectivity index (χ0n) is 17.1. The van der Waals surface area contributed by atoms with Gasteiger partial charge in [-0.15, -0.1) is 0 Å². The van der Waals surface area contributed by atoms with E-state index in [-0.39, 0.29) is 18.9 Å². The number of hydrogen-bond donors (Lipinski definition) is 1. The summed E-state index contributed by atoms with van der Waals surface area (Å²) in [6.07, 6.45) is 8.90. The summed E-state index contributed by atoms with van der Waals surface area (Å²) in [5, 5.41) is 10.4. The van der Waals surface area contributed by atoms with Gasteiger partial charge in [-0.1, -0.05) is 32.1 Å². The van der Waals surface area contributed by atoms with Crippen LogP contribution in [0.2, 0.25) is 0 Å². The molecule has 0 aromatic carbocycles. The Kier molecular flexibility index (Phi) is 12.2. The number of hydrogen-bond acceptors (Lipinski definition) is 7. The van der Waals surface area contributed by atoms with Gasteiger partial charge in [0, 0.05) is 6.08 Å². The molecule has 3 atom stereocenters. The molecule has 1 aliphatic heterocycles. The highest BCUT2D eigenvalue weighted by molar-refractivity contribution is 5.82. The lowest BCUT2D eigenvalue weighted by molar-refractivity contribution is -0.156. The van der Waals surface area contributed by atoms with Gasteiger partial charge in [0.1, 0.15) is 12.2 Å². The Morgan fingerprint density at radius 2 is 1.61 bits per heavy atom. The number of carbonyl (C=O) groups is 3. The van der Waals surface area contributed by atoms with Crippen LogP contribution in [-0.2, 0) is 28.6 Å². The molecule has 0 unspecified atom stereocenters. The van der Waals surface area contributed by atoms with Crippen molar-refractivity contribution in [2.75, 3.05) is 7.11 Å². The van der Waals surface area contributed by atoms with Gasteiger partial charge in [0.15, 0.2) is 0 Å². The number of aliphatic hydroxyl groups is 1. The van der Waals surface area contributed by atoms with E-state index in [0.29, 0.717) is 6.42 Å². The van der Waals surface area contributed by atoms with E-state index in [1.165, 1.54) is 19.3 Å². The second-order valence-corrected chi connectivity index (χ2v) is 7.25. The molecule has 0 spiro atoms. The third-order valence-corrected chi connectivity index (χ3v) is 4.77. The fraction of sp³-hybridized carbons (Fsp3) is 0.762. The molecule has 7 heteroatoms. The van der Waals surface area contributed by atoms with Crippen molar-refractivity contribution < 1.29 is 33.7 Å². The van der Waals surface area contributed by atoms with Crippen LogP contribution in [0.3, 0.4) is 0 Å². The highest BCUT2D eigenvalue weighted by atomic mass is 16.6. The lowest BCUT2D eigenvalue weighted by atomic mass is 10.0. The summed E-state index contributed by atoms with van der Waals surface area (Å²) in [7, 11) is 1.25. The van der Waals surface area contributed by atoms with Gasteiger partial charge in [0.25, 0.3) is 0 Å². The second-order valence-electron chi connectivity index (χ2n) is 7.25. The van der Waals surface area contributed by atoms with Crippen molar-refractivity contribution in [1.82, 2.24) is 0 Å². The Morgan fingerprint density at radius 1 is 1.04 bits per heavy atom. The molecular formula is C21H34O7. The fourth-order valence-corrected chi connectivity index (χ4v) is 3.09. The number of esters is 3. The first kappa shape index (κ1) is 24.1. The quantitative estimate of drug-likeness (QED) is 0.573. The summed E-state index contributed by atoms with van der Waals surface area (Å²) in [4.78, 5) is 35.0. The SMILES string of the molecule is COC(=O)CCC(=O)O[C@H]1CCCCCCCCC[C@@H](C)OC(=O)/C=C/[C@H]1O. The normalized spacial score (nSPS) is 26.7. The predicted octanol–water partition coefficient (Wildman–Crippen LogP) is 3.22. The molecule has 7 nitrogen and oxygen atoms in total. The van der Waals surface area contributed by atoms with Gasteiger partial charge in [-0.3, -0.25) is 9.59 Å². The standard InChI is InChI=1S/C21H34O7/c1-16-10-8-6-4-3-5-7-9-11-18(17(22)12-13-20(24)27-16)28-21(25)15-14-19(23)26-2/h12-13,16-18,22H,3-11,14-15H2,1-2H3/b13-12+/t16-,17-,18+/m1/s1. The van der Waals surface area contributed by atoms with Crippen molar-refractivity contribution in [3.05, 3.63) is 12.2 Å². The molecule has 1 heterocycles. The molecule has 0 aromatic rings. The Bertz CT molecular complexity index is 515. The molecule has 0 saturated carbocycles. The number of methoxy groups -OCH3 is 1. The fourth-order valence-electron chi connectivity index (χ4n) is 3.09. The van der Waals surface area contributed by atoms with Crippen molar-refractivity contribution in [2.45, 2.75) is 95.9 Å². The van der Waals surface area contributed by atoms with Crippen LogP contribution < -0.4 is 0 Å².